The summed E-state index contributed by atoms with van der Waals surface area (Å²) in [4.78, 5) is 6.41. The van der Waals surface area contributed by atoms with Crippen molar-refractivity contribution in [3.63, 3.8) is 0 Å². The van der Waals surface area contributed by atoms with Gasteiger partial charge in [-0.1, -0.05) is 108 Å². The minimum atomic E-state index is 0.992. The number of aromatic nitrogens is 4. The van der Waals surface area contributed by atoms with Gasteiger partial charge in [-0.3, -0.25) is 4.40 Å². The third kappa shape index (κ3) is 3.89. The maximum atomic E-state index is 5.41. The van der Waals surface area contributed by atoms with Crippen LogP contribution < -0.4 is 0 Å². The first-order valence-corrected chi connectivity index (χ1v) is 17.7. The maximum Gasteiger partial charge on any atom is 0.195 e. The number of para-hydroxylation sites is 5. The molecule has 0 amide bonds. The van der Waals surface area contributed by atoms with Crippen molar-refractivity contribution in [3.05, 3.63) is 170 Å². The molecule has 234 valence electrons. The molecule has 0 unspecified atom stereocenters. The Bertz CT molecular complexity index is 3090. The SMILES string of the molecule is c1ccc(-n2c3ccccc3c3cc(-c4nc5sc6ccccc6n5c4-c4ccc5c(c4)c4ccccc4n5-c4ccccc4)ccc32)cc1. The van der Waals surface area contributed by atoms with Crippen molar-refractivity contribution >= 4 is 70.1 Å². The molecule has 0 radical (unpaired) electrons. The Hall–Kier alpha value is -6.43. The van der Waals surface area contributed by atoms with E-state index >= 15 is 0 Å². The van der Waals surface area contributed by atoms with Gasteiger partial charge in [0.05, 0.1) is 43.7 Å². The lowest BCUT2D eigenvalue weighted by atomic mass is 10.0. The summed E-state index contributed by atoms with van der Waals surface area (Å²) in [7, 11) is 0. The molecule has 0 bridgehead atoms. The Kier molecular flexibility index (Phi) is 5.80. The van der Waals surface area contributed by atoms with Gasteiger partial charge in [0.25, 0.3) is 0 Å². The summed E-state index contributed by atoms with van der Waals surface area (Å²) in [5.74, 6) is 0. The average molecular weight is 657 g/mol. The van der Waals surface area contributed by atoms with Crippen molar-refractivity contribution in [1.29, 1.82) is 0 Å². The second-order valence-corrected chi connectivity index (χ2v) is 13.8. The first kappa shape index (κ1) is 27.5. The second kappa shape index (κ2) is 10.5. The standard InChI is InChI=1S/C45H28N4S/c1-3-13-31(14-4-1)47-37-19-9-7-17-33(37)35-27-29(23-25-39(35)47)43-44(49-41-21-11-12-22-42(41)50-45(49)46-43)30-24-26-40-36(28-30)34-18-8-10-20-38(34)48(40)32-15-5-2-6-16-32/h1-28H. The Labute approximate surface area is 291 Å². The number of rotatable bonds is 4. The van der Waals surface area contributed by atoms with Crippen LogP contribution in [0.2, 0.25) is 0 Å². The number of hydrogen-bond donors (Lipinski definition) is 0. The normalized spacial score (nSPS) is 12.0. The quantitative estimate of drug-likeness (QED) is 0.185. The second-order valence-electron chi connectivity index (χ2n) is 12.8. The molecule has 50 heavy (non-hydrogen) atoms. The molecule has 0 aliphatic rings. The average Bonchev–Trinajstić information content (AvgIpc) is 3.91. The number of benzene rings is 7. The molecule has 0 atom stereocenters. The van der Waals surface area contributed by atoms with Crippen LogP contribution in [-0.2, 0) is 0 Å². The fraction of sp³-hybridized carbons (Fsp3) is 0. The molecule has 0 saturated heterocycles. The lowest BCUT2D eigenvalue weighted by Gasteiger charge is -2.10. The summed E-state index contributed by atoms with van der Waals surface area (Å²) in [5.41, 5.74) is 12.6. The zero-order valence-electron chi connectivity index (χ0n) is 26.9. The van der Waals surface area contributed by atoms with Crippen molar-refractivity contribution in [2.24, 2.45) is 0 Å². The van der Waals surface area contributed by atoms with Crippen LogP contribution in [-0.4, -0.2) is 18.5 Å². The predicted octanol–water partition coefficient (Wildman–Crippen LogP) is 12.1. The topological polar surface area (TPSA) is 27.2 Å². The lowest BCUT2D eigenvalue weighted by molar-refractivity contribution is 1.18. The van der Waals surface area contributed by atoms with E-state index in [1.807, 2.05) is 0 Å². The minimum Gasteiger partial charge on any atom is -0.309 e. The Morgan fingerprint density at radius 2 is 0.880 bits per heavy atom. The highest BCUT2D eigenvalue weighted by Gasteiger charge is 2.23. The van der Waals surface area contributed by atoms with Crippen LogP contribution in [0.25, 0.3) is 92.7 Å². The molecule has 0 N–H and O–H groups in total. The molecule has 5 heteroatoms. The van der Waals surface area contributed by atoms with Crippen LogP contribution in [0.3, 0.4) is 0 Å². The van der Waals surface area contributed by atoms with E-state index in [1.165, 1.54) is 53.8 Å². The molecule has 4 nitrogen and oxygen atoms in total. The van der Waals surface area contributed by atoms with Gasteiger partial charge in [0, 0.05) is 44.0 Å². The Morgan fingerprint density at radius 1 is 0.400 bits per heavy atom. The smallest absolute Gasteiger partial charge is 0.195 e. The van der Waals surface area contributed by atoms with Gasteiger partial charge in [0.15, 0.2) is 4.96 Å². The van der Waals surface area contributed by atoms with E-state index < -0.39 is 0 Å². The summed E-state index contributed by atoms with van der Waals surface area (Å²) in [6.07, 6.45) is 0. The molecule has 0 aliphatic carbocycles. The summed E-state index contributed by atoms with van der Waals surface area (Å²) in [6.45, 7) is 0. The summed E-state index contributed by atoms with van der Waals surface area (Å²) in [6, 6.07) is 61.2. The van der Waals surface area contributed by atoms with E-state index in [2.05, 4.69) is 183 Å². The van der Waals surface area contributed by atoms with Gasteiger partial charge in [-0.15, -0.1) is 0 Å². The monoisotopic (exact) mass is 656 g/mol. The predicted molar refractivity (Wildman–Crippen MR) is 210 cm³/mol. The number of fused-ring (bicyclic) bond motifs is 9. The number of hydrogen-bond acceptors (Lipinski definition) is 2. The summed E-state index contributed by atoms with van der Waals surface area (Å²) in [5, 5.41) is 4.91. The molecular formula is C45H28N4S. The molecule has 0 aliphatic heterocycles. The highest BCUT2D eigenvalue weighted by molar-refractivity contribution is 7.23. The highest BCUT2D eigenvalue weighted by atomic mass is 32.1. The minimum absolute atomic E-state index is 0.992. The van der Waals surface area contributed by atoms with Crippen LogP contribution in [0.4, 0.5) is 0 Å². The maximum absolute atomic E-state index is 5.41. The van der Waals surface area contributed by atoms with Crippen molar-refractivity contribution in [2.45, 2.75) is 0 Å². The molecule has 0 fully saturated rings. The van der Waals surface area contributed by atoms with Gasteiger partial charge in [0.2, 0.25) is 0 Å². The summed E-state index contributed by atoms with van der Waals surface area (Å²) < 4.78 is 8.33. The summed E-state index contributed by atoms with van der Waals surface area (Å²) >= 11 is 1.74. The molecule has 4 aromatic heterocycles. The first-order chi connectivity index (χ1) is 24.8. The van der Waals surface area contributed by atoms with E-state index in [0.29, 0.717) is 0 Å². The van der Waals surface area contributed by atoms with Gasteiger partial charge >= 0.3 is 0 Å². The van der Waals surface area contributed by atoms with Crippen LogP contribution in [0, 0.1) is 0 Å². The zero-order valence-corrected chi connectivity index (χ0v) is 27.7. The van der Waals surface area contributed by atoms with Crippen LogP contribution in [0.15, 0.2) is 170 Å². The van der Waals surface area contributed by atoms with E-state index in [9.17, 15) is 0 Å². The largest absolute Gasteiger partial charge is 0.309 e. The van der Waals surface area contributed by atoms with Crippen molar-refractivity contribution < 1.29 is 0 Å². The van der Waals surface area contributed by atoms with Crippen molar-refractivity contribution in [3.8, 4) is 33.9 Å². The Balaban J connectivity index is 1.20. The van der Waals surface area contributed by atoms with Gasteiger partial charge in [0.1, 0.15) is 0 Å². The molecule has 4 heterocycles. The highest BCUT2D eigenvalue weighted by Crippen LogP contribution is 2.43. The third-order valence-corrected chi connectivity index (χ3v) is 11.1. The van der Waals surface area contributed by atoms with Gasteiger partial charge < -0.3 is 9.13 Å². The molecule has 11 rings (SSSR count). The van der Waals surface area contributed by atoms with Gasteiger partial charge in [-0.2, -0.15) is 0 Å². The lowest BCUT2D eigenvalue weighted by Crippen LogP contribution is -1.94. The first-order valence-electron chi connectivity index (χ1n) is 16.9. The number of nitrogens with zero attached hydrogens (tertiary/aromatic N) is 4. The molecule has 7 aromatic carbocycles. The fourth-order valence-electron chi connectivity index (χ4n) is 7.94. The Morgan fingerprint density at radius 3 is 1.50 bits per heavy atom. The molecular weight excluding hydrogens is 629 g/mol. The third-order valence-electron chi connectivity index (χ3n) is 10.1. The molecule has 0 saturated carbocycles. The van der Waals surface area contributed by atoms with E-state index in [-0.39, 0.29) is 0 Å². The van der Waals surface area contributed by atoms with Crippen LogP contribution in [0.1, 0.15) is 0 Å². The molecule has 11 aromatic rings. The number of imidazole rings is 1. The van der Waals surface area contributed by atoms with Crippen LogP contribution >= 0.6 is 11.3 Å². The van der Waals surface area contributed by atoms with E-state index in [0.717, 1.165) is 38.9 Å². The van der Waals surface area contributed by atoms with Crippen molar-refractivity contribution in [2.75, 3.05) is 0 Å². The van der Waals surface area contributed by atoms with E-state index in [1.54, 1.807) is 11.3 Å². The fourth-order valence-corrected chi connectivity index (χ4v) is 8.96. The van der Waals surface area contributed by atoms with Crippen molar-refractivity contribution in [1.82, 2.24) is 18.5 Å². The van der Waals surface area contributed by atoms with E-state index in [4.69, 9.17) is 4.98 Å². The van der Waals surface area contributed by atoms with Gasteiger partial charge in [-0.05, 0) is 72.8 Å². The zero-order chi connectivity index (χ0) is 32.8. The number of thiazole rings is 1. The van der Waals surface area contributed by atoms with Crippen LogP contribution in [0.5, 0.6) is 0 Å². The van der Waals surface area contributed by atoms with Gasteiger partial charge in [-0.25, -0.2) is 4.98 Å². The molecule has 0 spiro atoms.